The highest BCUT2D eigenvalue weighted by Crippen LogP contribution is 2.36. The summed E-state index contributed by atoms with van der Waals surface area (Å²) in [4.78, 5) is 8.71. The van der Waals surface area contributed by atoms with Crippen molar-refractivity contribution >= 4 is 16.5 Å². The monoisotopic (exact) mass is 251 g/mol. The topological polar surface area (TPSA) is 42.2 Å². The molecule has 2 heterocycles. The van der Waals surface area contributed by atoms with E-state index in [9.17, 15) is 0 Å². The number of hydrogen-bond donors (Lipinski definition) is 1. The molecule has 3 rings (SSSR count). The molecule has 2 N–H and O–H groups in total. The Morgan fingerprint density at radius 1 is 1.35 bits per heavy atom. The van der Waals surface area contributed by atoms with Crippen molar-refractivity contribution in [3.8, 4) is 0 Å². The lowest BCUT2D eigenvalue weighted by atomic mass is 9.99. The van der Waals surface area contributed by atoms with Crippen molar-refractivity contribution in [3.05, 3.63) is 10.6 Å². The molecule has 0 aromatic carbocycles. The molecule has 1 aromatic heterocycles. The van der Waals surface area contributed by atoms with Gasteiger partial charge in [-0.1, -0.05) is 6.92 Å². The van der Waals surface area contributed by atoms with Crippen LogP contribution in [0.3, 0.4) is 0 Å². The summed E-state index contributed by atoms with van der Waals surface area (Å²) in [6, 6.07) is 0.186. The van der Waals surface area contributed by atoms with Gasteiger partial charge in [0.15, 0.2) is 5.13 Å². The maximum Gasteiger partial charge on any atom is 0.185 e. The average Bonchev–Trinajstić information content (AvgIpc) is 2.74. The van der Waals surface area contributed by atoms with Crippen LogP contribution in [0.4, 0.5) is 5.13 Å². The van der Waals surface area contributed by atoms with Crippen LogP contribution in [0.2, 0.25) is 0 Å². The lowest BCUT2D eigenvalue weighted by molar-refractivity contribution is 0.446. The number of nitrogens with two attached hydrogens (primary N) is 1. The second-order valence-electron chi connectivity index (χ2n) is 5.50. The molecule has 0 saturated carbocycles. The van der Waals surface area contributed by atoms with E-state index in [4.69, 9.17) is 10.7 Å². The Kier molecular flexibility index (Phi) is 3.09. The molecule has 1 aliphatic heterocycles. The van der Waals surface area contributed by atoms with Crippen molar-refractivity contribution in [1.29, 1.82) is 0 Å². The van der Waals surface area contributed by atoms with Crippen LogP contribution in [0.1, 0.15) is 49.2 Å². The molecule has 2 aliphatic rings. The molecule has 2 unspecified atom stereocenters. The number of nitrogens with zero attached hydrogens (tertiary/aromatic N) is 2. The molecule has 0 radical (unpaired) electrons. The van der Waals surface area contributed by atoms with Crippen molar-refractivity contribution in [2.75, 3.05) is 18.0 Å². The minimum absolute atomic E-state index is 0.186. The minimum Gasteiger partial charge on any atom is -0.348 e. The normalized spacial score (nSPS) is 29.2. The van der Waals surface area contributed by atoms with Crippen LogP contribution in [-0.2, 0) is 6.42 Å². The molecule has 1 fully saturated rings. The first-order chi connectivity index (χ1) is 8.24. The van der Waals surface area contributed by atoms with Gasteiger partial charge in [0.05, 0.1) is 5.69 Å². The molecule has 1 aliphatic carbocycles. The highest BCUT2D eigenvalue weighted by Gasteiger charge is 2.25. The summed E-state index contributed by atoms with van der Waals surface area (Å²) >= 11 is 1.88. The van der Waals surface area contributed by atoms with Gasteiger partial charge in [0.1, 0.15) is 0 Å². The van der Waals surface area contributed by atoms with Crippen LogP contribution >= 0.6 is 11.3 Å². The quantitative estimate of drug-likeness (QED) is 0.834. The Labute approximate surface area is 107 Å². The van der Waals surface area contributed by atoms with Crippen LogP contribution in [0.15, 0.2) is 0 Å². The smallest absolute Gasteiger partial charge is 0.185 e. The maximum atomic E-state index is 6.14. The molecular weight excluding hydrogens is 230 g/mol. The highest BCUT2D eigenvalue weighted by molar-refractivity contribution is 7.15. The molecular formula is C13H21N3S. The van der Waals surface area contributed by atoms with Gasteiger partial charge in [-0.15, -0.1) is 11.3 Å². The van der Waals surface area contributed by atoms with Gasteiger partial charge in [0.2, 0.25) is 0 Å². The number of anilines is 1. The fourth-order valence-corrected chi connectivity index (χ4v) is 4.14. The molecule has 0 bridgehead atoms. The first-order valence-electron chi connectivity index (χ1n) is 6.74. The molecule has 1 aromatic rings. The van der Waals surface area contributed by atoms with E-state index in [0.717, 1.165) is 12.3 Å². The van der Waals surface area contributed by atoms with Crippen molar-refractivity contribution in [3.63, 3.8) is 0 Å². The summed E-state index contributed by atoms with van der Waals surface area (Å²) < 4.78 is 0. The zero-order valence-electron chi connectivity index (χ0n) is 10.5. The standard InChI is InChI=1S/C13H21N3S/c1-9-4-3-7-16(8-9)13-15-12-10(14)5-2-6-11(12)17-13/h9-10H,2-8,14H2,1H3. The summed E-state index contributed by atoms with van der Waals surface area (Å²) in [5, 5.41) is 1.22. The first-order valence-corrected chi connectivity index (χ1v) is 7.56. The number of aryl methyl sites for hydroxylation is 1. The summed E-state index contributed by atoms with van der Waals surface area (Å²) in [5.74, 6) is 0.804. The summed E-state index contributed by atoms with van der Waals surface area (Å²) in [6.07, 6.45) is 6.18. The van der Waals surface area contributed by atoms with E-state index < -0.39 is 0 Å². The Morgan fingerprint density at radius 3 is 3.00 bits per heavy atom. The van der Waals surface area contributed by atoms with Crippen molar-refractivity contribution in [1.82, 2.24) is 4.98 Å². The van der Waals surface area contributed by atoms with E-state index >= 15 is 0 Å². The number of thiazole rings is 1. The van der Waals surface area contributed by atoms with Crippen molar-refractivity contribution < 1.29 is 0 Å². The lowest BCUT2D eigenvalue weighted by Crippen LogP contribution is -2.34. The van der Waals surface area contributed by atoms with Gasteiger partial charge in [0, 0.05) is 24.0 Å². The summed E-state index contributed by atoms with van der Waals surface area (Å²) in [5.41, 5.74) is 7.33. The van der Waals surface area contributed by atoms with E-state index in [2.05, 4.69) is 11.8 Å². The number of aromatic nitrogens is 1. The first kappa shape index (κ1) is 11.5. The Hall–Kier alpha value is -0.610. The van der Waals surface area contributed by atoms with E-state index in [1.807, 2.05) is 11.3 Å². The zero-order chi connectivity index (χ0) is 11.8. The second-order valence-corrected chi connectivity index (χ2v) is 6.56. The molecule has 3 nitrogen and oxygen atoms in total. The number of rotatable bonds is 1. The van der Waals surface area contributed by atoms with E-state index in [1.54, 1.807) is 0 Å². The Balaban J connectivity index is 1.83. The fraction of sp³-hybridized carbons (Fsp3) is 0.769. The van der Waals surface area contributed by atoms with E-state index in [1.165, 1.54) is 54.5 Å². The molecule has 0 spiro atoms. The van der Waals surface area contributed by atoms with Crippen LogP contribution < -0.4 is 10.6 Å². The van der Waals surface area contributed by atoms with Gasteiger partial charge in [-0.25, -0.2) is 4.98 Å². The molecule has 94 valence electrons. The summed E-state index contributed by atoms with van der Waals surface area (Å²) in [7, 11) is 0. The molecule has 4 heteroatoms. The third kappa shape index (κ3) is 2.20. The number of fused-ring (bicyclic) bond motifs is 1. The SMILES string of the molecule is CC1CCCN(c2nc3c(s2)CCCC3N)C1. The van der Waals surface area contributed by atoms with Crippen LogP contribution in [0.5, 0.6) is 0 Å². The van der Waals surface area contributed by atoms with Gasteiger partial charge >= 0.3 is 0 Å². The van der Waals surface area contributed by atoms with E-state index in [0.29, 0.717) is 0 Å². The lowest BCUT2D eigenvalue weighted by Gasteiger charge is -2.30. The summed E-state index contributed by atoms with van der Waals surface area (Å²) in [6.45, 7) is 4.68. The van der Waals surface area contributed by atoms with Gasteiger partial charge in [0.25, 0.3) is 0 Å². The van der Waals surface area contributed by atoms with Gasteiger partial charge in [-0.3, -0.25) is 0 Å². The van der Waals surface area contributed by atoms with Crippen molar-refractivity contribution in [2.24, 2.45) is 11.7 Å². The Morgan fingerprint density at radius 2 is 2.24 bits per heavy atom. The third-order valence-corrected chi connectivity index (χ3v) is 5.11. The third-order valence-electron chi connectivity index (χ3n) is 3.91. The molecule has 2 atom stereocenters. The maximum absolute atomic E-state index is 6.14. The zero-order valence-corrected chi connectivity index (χ0v) is 11.3. The van der Waals surface area contributed by atoms with Crippen LogP contribution in [0, 0.1) is 5.92 Å². The van der Waals surface area contributed by atoms with Crippen molar-refractivity contribution in [2.45, 2.75) is 45.1 Å². The van der Waals surface area contributed by atoms with Gasteiger partial charge in [-0.2, -0.15) is 0 Å². The average molecular weight is 251 g/mol. The molecule has 1 saturated heterocycles. The largest absolute Gasteiger partial charge is 0.348 e. The molecule has 17 heavy (non-hydrogen) atoms. The predicted molar refractivity (Wildman–Crippen MR) is 72.6 cm³/mol. The number of hydrogen-bond acceptors (Lipinski definition) is 4. The highest BCUT2D eigenvalue weighted by atomic mass is 32.1. The van der Waals surface area contributed by atoms with Crippen LogP contribution in [0.25, 0.3) is 0 Å². The Bertz CT molecular complexity index is 401. The number of piperidine rings is 1. The minimum atomic E-state index is 0.186. The molecule has 0 amide bonds. The fourth-order valence-electron chi connectivity index (χ4n) is 2.94. The van der Waals surface area contributed by atoms with Gasteiger partial charge < -0.3 is 10.6 Å². The predicted octanol–water partition coefficient (Wildman–Crippen LogP) is 2.72. The van der Waals surface area contributed by atoms with E-state index in [-0.39, 0.29) is 6.04 Å². The van der Waals surface area contributed by atoms with Crippen LogP contribution in [-0.4, -0.2) is 18.1 Å². The second kappa shape index (κ2) is 4.58. The van der Waals surface area contributed by atoms with Gasteiger partial charge in [-0.05, 0) is 38.0 Å².